The molecule has 2 amide bonds. The largest absolute Gasteiger partial charge is 0.468 e. The summed E-state index contributed by atoms with van der Waals surface area (Å²) in [6.07, 6.45) is 0. The average Bonchev–Trinajstić information content (AvgIpc) is 2.78. The number of halogens is 1. The highest BCUT2D eigenvalue weighted by atomic mass is 35.5. The molecule has 9 heteroatoms. The molecule has 2 N–H and O–H groups in total. The number of thioether (sulfide) groups is 1. The van der Waals surface area contributed by atoms with E-state index >= 15 is 0 Å². The van der Waals surface area contributed by atoms with Crippen molar-refractivity contribution in [3.05, 3.63) is 75.8 Å². The Kier molecular flexibility index (Phi) is 7.34. The lowest BCUT2D eigenvalue weighted by Gasteiger charge is -2.30. The zero-order valence-corrected chi connectivity index (χ0v) is 18.0. The minimum Gasteiger partial charge on any atom is -0.468 e. The minimum absolute atomic E-state index is 0.0478. The van der Waals surface area contributed by atoms with Gasteiger partial charge in [0.2, 0.25) is 11.8 Å². The van der Waals surface area contributed by atoms with Gasteiger partial charge in [-0.05, 0) is 29.8 Å². The Labute approximate surface area is 188 Å². The van der Waals surface area contributed by atoms with Crippen LogP contribution in [0.5, 0.6) is 0 Å². The summed E-state index contributed by atoms with van der Waals surface area (Å²) in [4.78, 5) is 37.4. The Balaban J connectivity index is 1.85. The molecule has 0 unspecified atom stereocenters. The lowest BCUT2D eigenvalue weighted by Crippen LogP contribution is -2.44. The molecule has 0 fully saturated rings. The minimum atomic E-state index is -1.20. The number of esters is 1. The number of nitriles is 1. The van der Waals surface area contributed by atoms with E-state index in [2.05, 4.69) is 16.7 Å². The van der Waals surface area contributed by atoms with Crippen molar-refractivity contribution >= 4 is 46.8 Å². The second-order valence-electron chi connectivity index (χ2n) is 6.58. The fourth-order valence-electron chi connectivity index (χ4n) is 3.21. The van der Waals surface area contributed by atoms with Crippen LogP contribution >= 0.6 is 23.4 Å². The molecule has 0 radical (unpaired) electrons. The molecule has 0 saturated heterocycles. The summed E-state index contributed by atoms with van der Waals surface area (Å²) >= 11 is 6.86. The predicted molar refractivity (Wildman–Crippen MR) is 118 cm³/mol. The first-order chi connectivity index (χ1) is 14.9. The smallest absolute Gasteiger partial charge is 0.319 e. The van der Waals surface area contributed by atoms with Crippen LogP contribution in [-0.4, -0.2) is 30.6 Å². The molecule has 2 aromatic carbocycles. The first-order valence-corrected chi connectivity index (χ1v) is 10.6. The third-order valence-corrected chi connectivity index (χ3v) is 5.89. The summed E-state index contributed by atoms with van der Waals surface area (Å²) in [5.41, 5.74) is 1.41. The van der Waals surface area contributed by atoms with E-state index in [9.17, 15) is 19.6 Å². The van der Waals surface area contributed by atoms with E-state index in [4.69, 9.17) is 16.3 Å². The number of rotatable bonds is 6. The van der Waals surface area contributed by atoms with E-state index in [1.165, 1.54) is 7.11 Å². The number of hydrogen-bond acceptors (Lipinski definition) is 6. The zero-order valence-electron chi connectivity index (χ0n) is 16.4. The molecular formula is C22H18ClN3O4S. The van der Waals surface area contributed by atoms with Gasteiger partial charge in [0.1, 0.15) is 5.92 Å². The van der Waals surface area contributed by atoms with Crippen LogP contribution in [0.4, 0.5) is 5.69 Å². The SMILES string of the molecule is COC(=O)[C@H]1C(=O)NC(SCC(=O)Nc2ccc(Cl)cc2)=C(C#N)[C@H]1c1ccccc1. The lowest BCUT2D eigenvalue weighted by atomic mass is 9.78. The highest BCUT2D eigenvalue weighted by Crippen LogP contribution is 2.40. The highest BCUT2D eigenvalue weighted by Gasteiger charge is 2.44. The summed E-state index contributed by atoms with van der Waals surface area (Å²) in [5, 5.41) is 15.9. The van der Waals surface area contributed by atoms with Crippen molar-refractivity contribution in [3.63, 3.8) is 0 Å². The maximum Gasteiger partial charge on any atom is 0.319 e. The van der Waals surface area contributed by atoms with Gasteiger partial charge in [0.15, 0.2) is 0 Å². The van der Waals surface area contributed by atoms with Crippen molar-refractivity contribution in [2.45, 2.75) is 5.92 Å². The van der Waals surface area contributed by atoms with Crippen LogP contribution in [0.2, 0.25) is 5.02 Å². The van der Waals surface area contributed by atoms with Crippen molar-refractivity contribution in [2.75, 3.05) is 18.2 Å². The van der Waals surface area contributed by atoms with Crippen molar-refractivity contribution in [3.8, 4) is 6.07 Å². The van der Waals surface area contributed by atoms with Crippen LogP contribution in [0.3, 0.4) is 0 Å². The summed E-state index contributed by atoms with van der Waals surface area (Å²) in [6, 6.07) is 17.5. The van der Waals surface area contributed by atoms with Gasteiger partial charge in [0.25, 0.3) is 0 Å². The molecule has 0 bridgehead atoms. The van der Waals surface area contributed by atoms with Gasteiger partial charge in [-0.2, -0.15) is 5.26 Å². The predicted octanol–water partition coefficient (Wildman–Crippen LogP) is 3.45. The molecule has 1 aliphatic heterocycles. The van der Waals surface area contributed by atoms with Crippen molar-refractivity contribution in [1.29, 1.82) is 5.26 Å². The van der Waals surface area contributed by atoms with E-state index in [1.54, 1.807) is 54.6 Å². The number of carbonyl (C=O) groups is 3. The monoisotopic (exact) mass is 455 g/mol. The Morgan fingerprint density at radius 3 is 2.48 bits per heavy atom. The first-order valence-electron chi connectivity index (χ1n) is 9.20. The molecule has 0 aromatic heterocycles. The second kappa shape index (κ2) is 10.2. The van der Waals surface area contributed by atoms with Gasteiger partial charge < -0.3 is 15.4 Å². The van der Waals surface area contributed by atoms with E-state index in [0.717, 1.165) is 11.8 Å². The maximum atomic E-state index is 12.7. The number of allylic oxidation sites excluding steroid dienone is 1. The van der Waals surface area contributed by atoms with Gasteiger partial charge in [0.05, 0.1) is 29.5 Å². The summed E-state index contributed by atoms with van der Waals surface area (Å²) in [5.74, 6) is -3.70. The molecule has 3 rings (SSSR count). The van der Waals surface area contributed by atoms with Crippen molar-refractivity contribution < 1.29 is 19.1 Å². The summed E-state index contributed by atoms with van der Waals surface area (Å²) in [7, 11) is 1.19. The Hall–Kier alpha value is -3.28. The Morgan fingerprint density at radius 1 is 1.19 bits per heavy atom. The molecule has 1 heterocycles. The molecule has 31 heavy (non-hydrogen) atoms. The average molecular weight is 456 g/mol. The van der Waals surface area contributed by atoms with Gasteiger partial charge in [0, 0.05) is 16.6 Å². The molecule has 1 aliphatic rings. The van der Waals surface area contributed by atoms with E-state index in [1.807, 2.05) is 0 Å². The number of anilines is 1. The van der Waals surface area contributed by atoms with Crippen LogP contribution in [-0.2, 0) is 19.1 Å². The summed E-state index contributed by atoms with van der Waals surface area (Å²) in [6.45, 7) is 0. The third kappa shape index (κ3) is 5.26. The number of nitrogens with zero attached hydrogens (tertiary/aromatic N) is 1. The van der Waals surface area contributed by atoms with E-state index < -0.39 is 23.7 Å². The molecule has 2 atom stereocenters. The van der Waals surface area contributed by atoms with Crippen LogP contribution < -0.4 is 10.6 Å². The molecule has 2 aromatic rings. The van der Waals surface area contributed by atoms with Crippen LogP contribution in [0.1, 0.15) is 11.5 Å². The lowest BCUT2D eigenvalue weighted by molar-refractivity contribution is -0.150. The zero-order chi connectivity index (χ0) is 22.4. The molecule has 0 aliphatic carbocycles. The Morgan fingerprint density at radius 2 is 1.87 bits per heavy atom. The molecule has 0 spiro atoms. The van der Waals surface area contributed by atoms with Gasteiger partial charge in [-0.3, -0.25) is 14.4 Å². The number of amides is 2. The quantitative estimate of drug-likeness (QED) is 0.510. The molecule has 0 saturated carbocycles. The first kappa shape index (κ1) is 22.4. The highest BCUT2D eigenvalue weighted by molar-refractivity contribution is 8.03. The summed E-state index contributed by atoms with van der Waals surface area (Å²) < 4.78 is 4.80. The van der Waals surface area contributed by atoms with Crippen LogP contribution in [0, 0.1) is 17.2 Å². The third-order valence-electron chi connectivity index (χ3n) is 4.62. The molecule has 7 nitrogen and oxygen atoms in total. The standard InChI is InChI=1S/C22H18ClN3O4S/c1-30-22(29)19-18(13-5-3-2-4-6-13)16(11-24)21(26-20(19)28)31-12-17(27)25-15-9-7-14(23)8-10-15/h2-10,18-19H,12H2,1H3,(H,25,27)(H,26,28)/t18-,19-/m1/s1. The van der Waals surface area contributed by atoms with E-state index in [0.29, 0.717) is 16.3 Å². The maximum absolute atomic E-state index is 12.7. The normalized spacial score (nSPS) is 18.0. The number of carbonyl (C=O) groups excluding carboxylic acids is 3. The van der Waals surface area contributed by atoms with Gasteiger partial charge in [-0.15, -0.1) is 0 Å². The van der Waals surface area contributed by atoms with Gasteiger partial charge >= 0.3 is 5.97 Å². The number of ether oxygens (including phenoxy) is 1. The fourth-order valence-corrected chi connectivity index (χ4v) is 4.18. The molecular weight excluding hydrogens is 438 g/mol. The molecule has 158 valence electrons. The van der Waals surface area contributed by atoms with Gasteiger partial charge in [-0.1, -0.05) is 53.7 Å². The van der Waals surface area contributed by atoms with Gasteiger partial charge in [-0.25, -0.2) is 0 Å². The number of methoxy groups -OCH3 is 1. The van der Waals surface area contributed by atoms with Crippen LogP contribution in [0.25, 0.3) is 0 Å². The number of hydrogen-bond donors (Lipinski definition) is 2. The topological polar surface area (TPSA) is 108 Å². The Bertz CT molecular complexity index is 1060. The van der Waals surface area contributed by atoms with E-state index in [-0.39, 0.29) is 22.3 Å². The number of benzene rings is 2. The number of nitrogens with one attached hydrogen (secondary N) is 2. The fraction of sp³-hybridized carbons (Fsp3) is 0.182. The van der Waals surface area contributed by atoms with Crippen molar-refractivity contribution in [2.24, 2.45) is 5.92 Å². The second-order valence-corrected chi connectivity index (χ2v) is 8.00. The van der Waals surface area contributed by atoms with Crippen molar-refractivity contribution in [1.82, 2.24) is 5.32 Å². The van der Waals surface area contributed by atoms with Crippen LogP contribution in [0.15, 0.2) is 65.2 Å².